The Balaban J connectivity index is 2.28. The molecule has 0 saturated carbocycles. The van der Waals surface area contributed by atoms with Crippen molar-refractivity contribution in [2.45, 2.75) is 20.3 Å². The molecular weight excluding hydrogens is 244 g/mol. The Kier molecular flexibility index (Phi) is 3.19. The number of carbonyl (C=O) groups is 1. The quantitative estimate of drug-likeness (QED) is 0.806. The van der Waals surface area contributed by atoms with E-state index in [0.717, 1.165) is 9.36 Å². The van der Waals surface area contributed by atoms with Crippen LogP contribution < -0.4 is 0 Å². The molecule has 0 amide bonds. The third kappa shape index (κ3) is 2.33. The molecule has 90 valence electrons. The van der Waals surface area contributed by atoms with E-state index in [9.17, 15) is 4.79 Å². The smallest absolute Gasteiger partial charge is 0.243 e. The van der Waals surface area contributed by atoms with Crippen molar-refractivity contribution in [2.24, 2.45) is 5.92 Å². The van der Waals surface area contributed by atoms with Crippen LogP contribution in [0.1, 0.15) is 19.5 Å². The molecule has 0 N–H and O–H groups in total. The number of nitrogens with zero attached hydrogens (tertiary/aromatic N) is 6. The van der Waals surface area contributed by atoms with Gasteiger partial charge in [0.25, 0.3) is 0 Å². The lowest BCUT2D eigenvalue weighted by Gasteiger charge is -2.01. The number of halogens is 1. The summed E-state index contributed by atoms with van der Waals surface area (Å²) in [4.78, 5) is 11.9. The van der Waals surface area contributed by atoms with Crippen molar-refractivity contribution in [1.29, 1.82) is 0 Å². The van der Waals surface area contributed by atoms with Crippen LogP contribution in [0.25, 0.3) is 0 Å². The largest absolute Gasteiger partial charge is 0.373 e. The normalized spacial score (nSPS) is 11.1. The molecule has 2 aromatic heterocycles. The highest BCUT2D eigenvalue weighted by Gasteiger charge is 2.18. The van der Waals surface area contributed by atoms with E-state index < -0.39 is 6.03 Å². The molecule has 0 atom stereocenters. The van der Waals surface area contributed by atoms with E-state index >= 15 is 0 Å². The number of rotatable bonds is 2. The molecule has 0 aromatic carbocycles. The van der Waals surface area contributed by atoms with Gasteiger partial charge in [-0.3, -0.25) is 0 Å². The molecule has 0 aliphatic heterocycles. The van der Waals surface area contributed by atoms with E-state index in [1.807, 2.05) is 13.8 Å². The Hall–Kier alpha value is -1.76. The summed E-state index contributed by atoms with van der Waals surface area (Å²) in [6.45, 7) is 4.07. The first-order valence-corrected chi connectivity index (χ1v) is 5.48. The van der Waals surface area contributed by atoms with Crippen molar-refractivity contribution in [3.05, 3.63) is 23.2 Å². The predicted octanol–water partition coefficient (Wildman–Crippen LogP) is 1.24. The molecule has 2 aromatic rings. The fourth-order valence-electron chi connectivity index (χ4n) is 1.34. The van der Waals surface area contributed by atoms with Crippen molar-refractivity contribution in [3.63, 3.8) is 0 Å². The fraction of sp³-hybridized carbons (Fsp3) is 0.444. The highest BCUT2D eigenvalue weighted by molar-refractivity contribution is 6.31. The van der Waals surface area contributed by atoms with E-state index in [0.29, 0.717) is 18.0 Å². The second-order valence-electron chi connectivity index (χ2n) is 3.97. The van der Waals surface area contributed by atoms with Crippen LogP contribution in [-0.2, 0) is 6.42 Å². The van der Waals surface area contributed by atoms with Gasteiger partial charge in [0.15, 0.2) is 5.15 Å². The van der Waals surface area contributed by atoms with Crippen LogP contribution in [0, 0.1) is 5.92 Å². The summed E-state index contributed by atoms with van der Waals surface area (Å²) in [5, 5.41) is 14.9. The van der Waals surface area contributed by atoms with Crippen LogP contribution in [0.15, 0.2) is 12.4 Å². The first kappa shape index (κ1) is 11.7. The van der Waals surface area contributed by atoms with Crippen molar-refractivity contribution >= 4 is 17.6 Å². The average Bonchev–Trinajstić information content (AvgIpc) is 2.88. The molecular formula is C9H11ClN6O. The molecule has 2 heterocycles. The zero-order valence-electron chi connectivity index (χ0n) is 9.41. The summed E-state index contributed by atoms with van der Waals surface area (Å²) in [7, 11) is 0. The number of hydrogen-bond donors (Lipinski definition) is 0. The second kappa shape index (κ2) is 4.62. The summed E-state index contributed by atoms with van der Waals surface area (Å²) in [5.41, 5.74) is 0.607. The molecule has 0 bridgehead atoms. The maximum atomic E-state index is 11.9. The third-order valence-electron chi connectivity index (χ3n) is 2.08. The van der Waals surface area contributed by atoms with Gasteiger partial charge in [0, 0.05) is 0 Å². The Morgan fingerprint density at radius 1 is 1.47 bits per heavy atom. The van der Waals surface area contributed by atoms with E-state index in [4.69, 9.17) is 11.6 Å². The van der Waals surface area contributed by atoms with Crippen molar-refractivity contribution in [3.8, 4) is 0 Å². The Morgan fingerprint density at radius 2 is 2.24 bits per heavy atom. The van der Waals surface area contributed by atoms with E-state index in [-0.39, 0.29) is 5.15 Å². The van der Waals surface area contributed by atoms with E-state index in [2.05, 4.69) is 20.6 Å². The topological polar surface area (TPSA) is 78.5 Å². The third-order valence-corrected chi connectivity index (χ3v) is 2.46. The molecule has 0 aliphatic carbocycles. The summed E-state index contributed by atoms with van der Waals surface area (Å²) in [5.74, 6) is 0.388. The van der Waals surface area contributed by atoms with Gasteiger partial charge >= 0.3 is 6.03 Å². The lowest BCUT2D eigenvalue weighted by atomic mass is 10.1. The SMILES string of the molecule is CC(C)Cc1nnn(C(=O)n2ccnn2)c1Cl. The average molecular weight is 255 g/mol. The number of aromatic nitrogens is 6. The molecule has 2 rings (SSSR count). The highest BCUT2D eigenvalue weighted by Crippen LogP contribution is 2.16. The van der Waals surface area contributed by atoms with Gasteiger partial charge in [-0.05, 0) is 12.3 Å². The van der Waals surface area contributed by atoms with E-state index in [1.165, 1.54) is 12.4 Å². The van der Waals surface area contributed by atoms with Gasteiger partial charge in [-0.15, -0.1) is 14.9 Å². The molecule has 17 heavy (non-hydrogen) atoms. The summed E-state index contributed by atoms with van der Waals surface area (Å²) in [6.07, 6.45) is 3.49. The van der Waals surface area contributed by atoms with Crippen molar-refractivity contribution in [1.82, 2.24) is 30.0 Å². The highest BCUT2D eigenvalue weighted by atomic mass is 35.5. The minimum Gasteiger partial charge on any atom is -0.243 e. The Morgan fingerprint density at radius 3 is 2.82 bits per heavy atom. The van der Waals surface area contributed by atoms with Crippen LogP contribution in [0.4, 0.5) is 4.79 Å². The first-order valence-electron chi connectivity index (χ1n) is 5.10. The molecule has 7 nitrogen and oxygen atoms in total. The molecule has 0 unspecified atom stereocenters. The molecule has 0 aliphatic rings. The molecule has 0 fully saturated rings. The van der Waals surface area contributed by atoms with Crippen LogP contribution in [0.5, 0.6) is 0 Å². The maximum Gasteiger partial charge on any atom is 0.373 e. The minimum atomic E-state index is -0.505. The summed E-state index contributed by atoms with van der Waals surface area (Å²) in [6, 6.07) is -0.505. The number of hydrogen-bond acceptors (Lipinski definition) is 5. The van der Waals surface area contributed by atoms with Gasteiger partial charge in [0.1, 0.15) is 5.69 Å². The standard InChI is InChI=1S/C9H11ClN6O/c1-6(2)5-7-8(10)16(14-12-7)9(17)15-4-3-11-13-15/h3-4,6H,5H2,1-2H3. The Labute approximate surface area is 102 Å². The van der Waals surface area contributed by atoms with Crippen LogP contribution >= 0.6 is 11.6 Å². The van der Waals surface area contributed by atoms with Crippen LogP contribution in [-0.4, -0.2) is 36.0 Å². The first-order chi connectivity index (χ1) is 8.09. The maximum absolute atomic E-state index is 11.9. The molecule has 0 radical (unpaired) electrons. The molecule has 0 saturated heterocycles. The second-order valence-corrected chi connectivity index (χ2v) is 4.32. The predicted molar refractivity (Wildman–Crippen MR) is 59.8 cm³/mol. The molecule has 0 spiro atoms. The van der Waals surface area contributed by atoms with Gasteiger partial charge in [-0.25, -0.2) is 4.79 Å². The minimum absolute atomic E-state index is 0.221. The van der Waals surface area contributed by atoms with Gasteiger partial charge in [-0.2, -0.15) is 4.68 Å². The molecule has 8 heteroatoms. The monoisotopic (exact) mass is 254 g/mol. The summed E-state index contributed by atoms with van der Waals surface area (Å²) >= 11 is 6.04. The summed E-state index contributed by atoms with van der Waals surface area (Å²) < 4.78 is 2.05. The lowest BCUT2D eigenvalue weighted by Crippen LogP contribution is -2.21. The van der Waals surface area contributed by atoms with Gasteiger partial charge < -0.3 is 0 Å². The van der Waals surface area contributed by atoms with Gasteiger partial charge in [0.05, 0.1) is 12.4 Å². The fourth-order valence-corrected chi connectivity index (χ4v) is 1.56. The van der Waals surface area contributed by atoms with Gasteiger partial charge in [0.2, 0.25) is 0 Å². The Bertz CT molecular complexity index is 518. The van der Waals surface area contributed by atoms with Crippen LogP contribution in [0.2, 0.25) is 5.15 Å². The van der Waals surface area contributed by atoms with Crippen LogP contribution in [0.3, 0.4) is 0 Å². The zero-order valence-corrected chi connectivity index (χ0v) is 10.2. The number of carbonyl (C=O) groups excluding carboxylic acids is 1. The van der Waals surface area contributed by atoms with E-state index in [1.54, 1.807) is 0 Å². The lowest BCUT2D eigenvalue weighted by molar-refractivity contribution is 0.237. The van der Waals surface area contributed by atoms with Gasteiger partial charge in [-0.1, -0.05) is 35.9 Å². The van der Waals surface area contributed by atoms with Crippen molar-refractivity contribution < 1.29 is 4.79 Å². The van der Waals surface area contributed by atoms with Crippen molar-refractivity contribution in [2.75, 3.05) is 0 Å². The zero-order chi connectivity index (χ0) is 12.4.